The van der Waals surface area contributed by atoms with Crippen LogP contribution in [0.1, 0.15) is 51.5 Å². The van der Waals surface area contributed by atoms with Crippen molar-refractivity contribution in [1.82, 2.24) is 26.6 Å². The second kappa shape index (κ2) is 20.4. The number of hydrogen-bond acceptors (Lipinski definition) is 9. The minimum absolute atomic E-state index is 0.0613. The number of amides is 5. The molecule has 0 saturated carbocycles. The fourth-order valence-corrected chi connectivity index (χ4v) is 4.06. The van der Waals surface area contributed by atoms with Crippen molar-refractivity contribution in [1.29, 1.82) is 0 Å². The van der Waals surface area contributed by atoms with Crippen molar-refractivity contribution < 1.29 is 43.8 Å². The van der Waals surface area contributed by atoms with Crippen LogP contribution in [-0.4, -0.2) is 95.5 Å². The smallest absolute Gasteiger partial charge is 0.322 e. The standard InChI is InChI=1S/C29H45N7O9/c1-3-17(2)25(31)29(45)34-19(11-7-8-12-30)27(43)36-21(14-23(38)39)28(44)35-20(13-18-9-5-4-6-10-18)26(42)33-15-22(37)32-16-24(40)41/h4-6,9-10,17,19-21,25H,3,7-8,11-16,30-31H2,1-2H3,(H,32,37)(H,33,42)(H,34,45)(H,35,44)(H,36,43)(H,38,39)(H,40,41)/t17-,19-,20-,21-,25-/m0/s1. The van der Waals surface area contributed by atoms with E-state index in [0.29, 0.717) is 31.4 Å². The van der Waals surface area contributed by atoms with E-state index in [9.17, 15) is 38.7 Å². The SMILES string of the molecule is CC[C@H](C)[C@H](N)C(=O)N[C@@H](CCCCN)C(=O)N[C@@H](CC(=O)O)C(=O)N[C@@H](Cc1ccccc1)C(=O)NCC(=O)NCC(=O)O. The molecule has 0 heterocycles. The zero-order valence-electron chi connectivity index (χ0n) is 25.5. The van der Waals surface area contributed by atoms with Gasteiger partial charge in [-0.2, -0.15) is 0 Å². The highest BCUT2D eigenvalue weighted by Gasteiger charge is 2.32. The lowest BCUT2D eigenvalue weighted by molar-refractivity contribution is -0.141. The molecule has 1 aromatic carbocycles. The van der Waals surface area contributed by atoms with Crippen molar-refractivity contribution in [3.8, 4) is 0 Å². The van der Waals surface area contributed by atoms with Gasteiger partial charge < -0.3 is 48.3 Å². The summed E-state index contributed by atoms with van der Waals surface area (Å²) in [6.45, 7) is 2.73. The molecule has 45 heavy (non-hydrogen) atoms. The van der Waals surface area contributed by atoms with Gasteiger partial charge in [-0.3, -0.25) is 33.6 Å². The van der Waals surface area contributed by atoms with Crippen LogP contribution in [-0.2, 0) is 40.0 Å². The first-order chi connectivity index (χ1) is 21.3. The number of carboxylic acids is 2. The topological polar surface area (TPSA) is 272 Å². The van der Waals surface area contributed by atoms with Crippen LogP contribution in [0.3, 0.4) is 0 Å². The van der Waals surface area contributed by atoms with Crippen LogP contribution in [0, 0.1) is 5.92 Å². The van der Waals surface area contributed by atoms with Crippen molar-refractivity contribution >= 4 is 41.5 Å². The molecule has 0 aliphatic heterocycles. The number of rotatable bonds is 21. The molecule has 0 unspecified atom stereocenters. The van der Waals surface area contributed by atoms with Gasteiger partial charge in [0.05, 0.1) is 19.0 Å². The van der Waals surface area contributed by atoms with Crippen LogP contribution >= 0.6 is 0 Å². The van der Waals surface area contributed by atoms with Gasteiger partial charge >= 0.3 is 11.9 Å². The summed E-state index contributed by atoms with van der Waals surface area (Å²) in [6, 6.07) is 3.50. The number of nitrogens with one attached hydrogen (secondary N) is 5. The fourth-order valence-electron chi connectivity index (χ4n) is 4.06. The quantitative estimate of drug-likeness (QED) is 0.0665. The minimum atomic E-state index is -1.64. The first-order valence-electron chi connectivity index (χ1n) is 14.7. The van der Waals surface area contributed by atoms with Gasteiger partial charge in [0, 0.05) is 6.42 Å². The Morgan fingerprint density at radius 3 is 1.93 bits per heavy atom. The molecule has 1 rings (SSSR count). The van der Waals surface area contributed by atoms with Gasteiger partial charge in [-0.05, 0) is 37.3 Å². The summed E-state index contributed by atoms with van der Waals surface area (Å²) in [5.74, 6) is -6.89. The molecule has 0 aliphatic carbocycles. The Bertz CT molecular complexity index is 1170. The van der Waals surface area contributed by atoms with Crippen molar-refractivity contribution in [2.24, 2.45) is 17.4 Å². The summed E-state index contributed by atoms with van der Waals surface area (Å²) < 4.78 is 0. The Morgan fingerprint density at radius 1 is 0.756 bits per heavy atom. The summed E-state index contributed by atoms with van der Waals surface area (Å²) >= 11 is 0. The molecule has 0 radical (unpaired) electrons. The summed E-state index contributed by atoms with van der Waals surface area (Å²) in [6.07, 6.45) is 0.846. The summed E-state index contributed by atoms with van der Waals surface area (Å²) in [5.41, 5.74) is 12.2. The van der Waals surface area contributed by atoms with Gasteiger partial charge in [-0.1, -0.05) is 50.6 Å². The Labute approximate surface area is 261 Å². The van der Waals surface area contributed by atoms with E-state index in [2.05, 4.69) is 26.6 Å². The Hall–Kier alpha value is -4.57. The molecule has 5 amide bonds. The molecule has 1 aromatic rings. The van der Waals surface area contributed by atoms with Gasteiger partial charge in [0.25, 0.3) is 0 Å². The van der Waals surface area contributed by atoms with E-state index >= 15 is 0 Å². The Kier molecular flexibility index (Phi) is 17.4. The molecule has 0 bridgehead atoms. The third-order valence-electron chi connectivity index (χ3n) is 6.93. The third-order valence-corrected chi connectivity index (χ3v) is 6.93. The molecule has 0 fully saturated rings. The van der Waals surface area contributed by atoms with Crippen LogP contribution in [0.15, 0.2) is 30.3 Å². The van der Waals surface area contributed by atoms with Crippen LogP contribution in [0.4, 0.5) is 0 Å². The van der Waals surface area contributed by atoms with E-state index in [-0.39, 0.29) is 18.8 Å². The average molecular weight is 636 g/mol. The number of unbranched alkanes of at least 4 members (excludes halogenated alkanes) is 1. The number of hydrogen-bond donors (Lipinski definition) is 9. The van der Waals surface area contributed by atoms with Gasteiger partial charge in [0.15, 0.2) is 0 Å². The number of carbonyl (C=O) groups is 7. The molecule has 16 nitrogen and oxygen atoms in total. The predicted octanol–water partition coefficient (Wildman–Crippen LogP) is -2.02. The van der Waals surface area contributed by atoms with E-state index in [1.807, 2.05) is 6.92 Å². The van der Waals surface area contributed by atoms with Crippen molar-refractivity contribution in [3.05, 3.63) is 35.9 Å². The zero-order chi connectivity index (χ0) is 33.9. The lowest BCUT2D eigenvalue weighted by Gasteiger charge is -2.26. The average Bonchev–Trinajstić information content (AvgIpc) is 3.00. The number of carbonyl (C=O) groups excluding carboxylic acids is 5. The first-order valence-corrected chi connectivity index (χ1v) is 14.7. The molecule has 0 aromatic heterocycles. The van der Waals surface area contributed by atoms with Crippen LogP contribution in [0.2, 0.25) is 0 Å². The highest BCUT2D eigenvalue weighted by molar-refractivity contribution is 5.97. The predicted molar refractivity (Wildman–Crippen MR) is 162 cm³/mol. The summed E-state index contributed by atoms with van der Waals surface area (Å²) in [5, 5.41) is 30.0. The lowest BCUT2D eigenvalue weighted by atomic mass is 9.98. The molecule has 5 atom stereocenters. The molecule has 16 heteroatoms. The van der Waals surface area contributed by atoms with E-state index < -0.39 is 85.2 Å². The number of carboxylic acid groups (broad SMARTS) is 2. The van der Waals surface area contributed by atoms with E-state index in [1.165, 1.54) is 0 Å². The highest BCUT2D eigenvalue weighted by Crippen LogP contribution is 2.09. The zero-order valence-corrected chi connectivity index (χ0v) is 25.5. The monoisotopic (exact) mass is 635 g/mol. The number of nitrogens with two attached hydrogens (primary N) is 2. The molecular weight excluding hydrogens is 590 g/mol. The van der Waals surface area contributed by atoms with Gasteiger partial charge in [-0.25, -0.2) is 0 Å². The van der Waals surface area contributed by atoms with Crippen molar-refractivity contribution in [3.63, 3.8) is 0 Å². The summed E-state index contributed by atoms with van der Waals surface area (Å²) in [4.78, 5) is 86.6. The second-order valence-corrected chi connectivity index (χ2v) is 10.6. The minimum Gasteiger partial charge on any atom is -0.481 e. The largest absolute Gasteiger partial charge is 0.481 e. The molecule has 11 N–H and O–H groups in total. The van der Waals surface area contributed by atoms with E-state index in [4.69, 9.17) is 16.6 Å². The van der Waals surface area contributed by atoms with Crippen molar-refractivity contribution in [2.75, 3.05) is 19.6 Å². The summed E-state index contributed by atoms with van der Waals surface area (Å²) in [7, 11) is 0. The molecule has 0 aliphatic rings. The van der Waals surface area contributed by atoms with Crippen LogP contribution in [0.5, 0.6) is 0 Å². The maximum atomic E-state index is 13.3. The Morgan fingerprint density at radius 2 is 1.36 bits per heavy atom. The van der Waals surface area contributed by atoms with E-state index in [0.717, 1.165) is 0 Å². The molecular formula is C29H45N7O9. The Balaban J connectivity index is 3.14. The molecule has 0 spiro atoms. The first kappa shape index (κ1) is 38.5. The van der Waals surface area contributed by atoms with E-state index in [1.54, 1.807) is 37.3 Å². The van der Waals surface area contributed by atoms with Gasteiger partial charge in [0.1, 0.15) is 24.7 Å². The highest BCUT2D eigenvalue weighted by atomic mass is 16.4. The second-order valence-electron chi connectivity index (χ2n) is 10.6. The maximum Gasteiger partial charge on any atom is 0.322 e. The van der Waals surface area contributed by atoms with Gasteiger partial charge in [-0.15, -0.1) is 0 Å². The molecule has 250 valence electrons. The van der Waals surface area contributed by atoms with Gasteiger partial charge in [0.2, 0.25) is 29.5 Å². The maximum absolute atomic E-state index is 13.3. The van der Waals surface area contributed by atoms with Crippen molar-refractivity contribution in [2.45, 2.75) is 76.5 Å². The third kappa shape index (κ3) is 15.1. The fraction of sp³-hybridized carbons (Fsp3) is 0.552. The number of benzene rings is 1. The van der Waals surface area contributed by atoms with Crippen LogP contribution < -0.4 is 38.1 Å². The number of aliphatic carboxylic acids is 2. The lowest BCUT2D eigenvalue weighted by Crippen LogP contribution is -2.59. The van der Waals surface area contributed by atoms with Crippen LogP contribution in [0.25, 0.3) is 0 Å². The molecule has 0 saturated heterocycles. The normalized spacial score (nSPS) is 14.0.